The first-order valence-corrected chi connectivity index (χ1v) is 8.85. The van der Waals surface area contributed by atoms with Crippen LogP contribution in [-0.2, 0) is 4.79 Å². The number of nitrogens with zero attached hydrogens (tertiary/aromatic N) is 2. The molecule has 2 heterocycles. The maximum absolute atomic E-state index is 12.3. The van der Waals surface area contributed by atoms with E-state index in [-0.39, 0.29) is 12.0 Å². The van der Waals surface area contributed by atoms with Gasteiger partial charge in [0.05, 0.1) is 17.7 Å². The summed E-state index contributed by atoms with van der Waals surface area (Å²) in [5.74, 6) is 0.776. The smallest absolute Gasteiger partial charge is 0.239 e. The highest BCUT2D eigenvalue weighted by Crippen LogP contribution is 2.34. The van der Waals surface area contributed by atoms with Crippen molar-refractivity contribution >= 4 is 23.3 Å². The van der Waals surface area contributed by atoms with Crippen LogP contribution in [0.25, 0.3) is 0 Å². The molecule has 1 saturated carbocycles. The molecule has 3 rings (SSSR count). The van der Waals surface area contributed by atoms with Crippen LogP contribution < -0.4 is 5.32 Å². The molecule has 6 heteroatoms. The van der Waals surface area contributed by atoms with Crippen molar-refractivity contribution in [3.05, 3.63) is 23.4 Å². The SMILES string of the molecule is O=C(CN1CCC[C@@H]1[C@H]1CCCC[C@@H]1O)Nc1ccc(Cl)cn1. The van der Waals surface area contributed by atoms with E-state index in [1.807, 2.05) is 0 Å². The zero-order valence-corrected chi connectivity index (χ0v) is 14.0. The van der Waals surface area contributed by atoms with Crippen LogP contribution in [0.4, 0.5) is 5.82 Å². The second-order valence-electron chi connectivity index (χ2n) is 6.61. The predicted molar refractivity (Wildman–Crippen MR) is 90.4 cm³/mol. The maximum atomic E-state index is 12.3. The second-order valence-corrected chi connectivity index (χ2v) is 7.04. The predicted octanol–water partition coefficient (Wildman–Crippen LogP) is 2.69. The van der Waals surface area contributed by atoms with Crippen molar-refractivity contribution in [1.29, 1.82) is 0 Å². The quantitative estimate of drug-likeness (QED) is 0.886. The van der Waals surface area contributed by atoms with Crippen LogP contribution in [0.3, 0.4) is 0 Å². The summed E-state index contributed by atoms with van der Waals surface area (Å²) in [6.07, 6.45) is 7.76. The number of aromatic nitrogens is 1. The number of hydrogen-bond donors (Lipinski definition) is 2. The normalized spacial score (nSPS) is 28.7. The van der Waals surface area contributed by atoms with Gasteiger partial charge in [-0.15, -0.1) is 0 Å². The van der Waals surface area contributed by atoms with E-state index in [2.05, 4.69) is 15.2 Å². The van der Waals surface area contributed by atoms with Gasteiger partial charge in [-0.1, -0.05) is 24.4 Å². The Morgan fingerprint density at radius 3 is 2.87 bits per heavy atom. The number of likely N-dealkylation sites (tertiary alicyclic amines) is 1. The van der Waals surface area contributed by atoms with Crippen LogP contribution in [0.15, 0.2) is 18.3 Å². The Bertz CT molecular complexity index is 537. The molecule has 5 nitrogen and oxygen atoms in total. The first-order valence-electron chi connectivity index (χ1n) is 8.47. The Labute approximate surface area is 142 Å². The molecule has 1 aromatic rings. The summed E-state index contributed by atoms with van der Waals surface area (Å²) in [7, 11) is 0. The summed E-state index contributed by atoms with van der Waals surface area (Å²) in [6, 6.07) is 3.74. The number of hydrogen-bond acceptors (Lipinski definition) is 4. The highest BCUT2D eigenvalue weighted by atomic mass is 35.5. The summed E-state index contributed by atoms with van der Waals surface area (Å²) in [5.41, 5.74) is 0. The Balaban J connectivity index is 1.57. The van der Waals surface area contributed by atoms with Gasteiger partial charge in [-0.2, -0.15) is 0 Å². The van der Waals surface area contributed by atoms with Gasteiger partial charge in [0.2, 0.25) is 5.91 Å². The number of anilines is 1. The molecule has 0 aromatic carbocycles. The van der Waals surface area contributed by atoms with Crippen LogP contribution >= 0.6 is 11.6 Å². The second kappa shape index (κ2) is 7.60. The highest BCUT2D eigenvalue weighted by molar-refractivity contribution is 6.30. The van der Waals surface area contributed by atoms with E-state index >= 15 is 0 Å². The third-order valence-electron chi connectivity index (χ3n) is 5.03. The number of amides is 1. The maximum Gasteiger partial charge on any atom is 0.239 e. The van der Waals surface area contributed by atoms with Crippen LogP contribution in [-0.4, -0.2) is 46.1 Å². The first-order chi connectivity index (χ1) is 11.1. The molecule has 2 N–H and O–H groups in total. The lowest BCUT2D eigenvalue weighted by Gasteiger charge is -2.36. The van der Waals surface area contributed by atoms with Crippen molar-refractivity contribution in [2.75, 3.05) is 18.4 Å². The topological polar surface area (TPSA) is 65.5 Å². The van der Waals surface area contributed by atoms with Gasteiger partial charge in [-0.05, 0) is 44.4 Å². The molecule has 2 fully saturated rings. The van der Waals surface area contributed by atoms with Gasteiger partial charge >= 0.3 is 0 Å². The number of halogens is 1. The zero-order chi connectivity index (χ0) is 16.2. The van der Waals surface area contributed by atoms with Crippen LogP contribution in [0.5, 0.6) is 0 Å². The molecule has 126 valence electrons. The summed E-state index contributed by atoms with van der Waals surface area (Å²) < 4.78 is 0. The van der Waals surface area contributed by atoms with Crippen molar-refractivity contribution in [3.8, 4) is 0 Å². The van der Waals surface area contributed by atoms with Crippen LogP contribution in [0, 0.1) is 5.92 Å². The molecule has 1 saturated heterocycles. The molecular formula is C17H24ClN3O2. The van der Waals surface area contributed by atoms with Gasteiger partial charge in [-0.3, -0.25) is 9.69 Å². The summed E-state index contributed by atoms with van der Waals surface area (Å²) in [4.78, 5) is 18.6. The fourth-order valence-corrected chi connectivity index (χ4v) is 4.05. The van der Waals surface area contributed by atoms with E-state index in [9.17, 15) is 9.90 Å². The van der Waals surface area contributed by atoms with Gasteiger partial charge in [0, 0.05) is 18.2 Å². The fourth-order valence-electron chi connectivity index (χ4n) is 3.94. The van der Waals surface area contributed by atoms with E-state index in [0.717, 1.165) is 38.6 Å². The fraction of sp³-hybridized carbons (Fsp3) is 0.647. The minimum atomic E-state index is -0.213. The van der Waals surface area contributed by atoms with Gasteiger partial charge < -0.3 is 10.4 Å². The van der Waals surface area contributed by atoms with Gasteiger partial charge in [0.1, 0.15) is 5.82 Å². The summed E-state index contributed by atoms with van der Waals surface area (Å²) in [6.45, 7) is 1.29. The molecule has 23 heavy (non-hydrogen) atoms. The molecule has 0 bridgehead atoms. The Morgan fingerprint density at radius 2 is 2.13 bits per heavy atom. The van der Waals surface area contributed by atoms with E-state index in [4.69, 9.17) is 11.6 Å². The molecule has 1 aliphatic carbocycles. The van der Waals surface area contributed by atoms with Crippen molar-refractivity contribution < 1.29 is 9.90 Å². The first kappa shape index (κ1) is 16.7. The minimum Gasteiger partial charge on any atom is -0.393 e. The Morgan fingerprint density at radius 1 is 1.30 bits per heavy atom. The third-order valence-corrected chi connectivity index (χ3v) is 5.26. The molecule has 0 unspecified atom stereocenters. The number of nitrogens with one attached hydrogen (secondary N) is 1. The average Bonchev–Trinajstić information content (AvgIpc) is 2.98. The zero-order valence-electron chi connectivity index (χ0n) is 13.2. The number of pyridine rings is 1. The van der Waals surface area contributed by atoms with Crippen molar-refractivity contribution in [2.24, 2.45) is 5.92 Å². The third kappa shape index (κ3) is 4.22. The number of carbonyl (C=O) groups excluding carboxylic acids is 1. The van der Waals surface area contributed by atoms with Crippen molar-refractivity contribution in [3.63, 3.8) is 0 Å². The molecular weight excluding hydrogens is 314 g/mol. The number of aliphatic hydroxyl groups is 1. The monoisotopic (exact) mass is 337 g/mol. The average molecular weight is 338 g/mol. The van der Waals surface area contributed by atoms with Crippen molar-refractivity contribution in [1.82, 2.24) is 9.88 Å². The standard InChI is InChI=1S/C17H24ClN3O2/c18-12-7-8-16(19-10-12)20-17(23)11-21-9-3-5-14(21)13-4-1-2-6-15(13)22/h7-8,10,13-15,22H,1-6,9,11H2,(H,19,20,23)/t13-,14-,15+/m1/s1. The molecule has 1 amide bonds. The lowest BCUT2D eigenvalue weighted by atomic mass is 9.80. The van der Waals surface area contributed by atoms with Gasteiger partial charge in [0.15, 0.2) is 0 Å². The highest BCUT2D eigenvalue weighted by Gasteiger charge is 2.37. The Kier molecular flexibility index (Phi) is 5.51. The summed E-state index contributed by atoms with van der Waals surface area (Å²) >= 11 is 5.80. The van der Waals surface area contributed by atoms with E-state index in [1.54, 1.807) is 12.1 Å². The molecule has 2 aliphatic rings. The lowest BCUT2D eigenvalue weighted by Crippen LogP contribution is -2.45. The van der Waals surface area contributed by atoms with Crippen molar-refractivity contribution in [2.45, 2.75) is 50.7 Å². The number of carbonyl (C=O) groups is 1. The van der Waals surface area contributed by atoms with Gasteiger partial charge in [-0.25, -0.2) is 4.98 Å². The number of rotatable bonds is 4. The molecule has 0 spiro atoms. The molecule has 1 aliphatic heterocycles. The van der Waals surface area contributed by atoms with Gasteiger partial charge in [0.25, 0.3) is 0 Å². The lowest BCUT2D eigenvalue weighted by molar-refractivity contribution is -0.118. The number of aliphatic hydroxyl groups excluding tert-OH is 1. The van der Waals surface area contributed by atoms with E-state index in [1.165, 1.54) is 12.6 Å². The molecule has 3 atom stereocenters. The molecule has 1 aromatic heterocycles. The van der Waals surface area contributed by atoms with E-state index < -0.39 is 0 Å². The minimum absolute atomic E-state index is 0.0583. The summed E-state index contributed by atoms with van der Waals surface area (Å²) in [5, 5.41) is 13.7. The molecule has 0 radical (unpaired) electrons. The van der Waals surface area contributed by atoms with Crippen LogP contribution in [0.1, 0.15) is 38.5 Å². The van der Waals surface area contributed by atoms with Crippen LogP contribution in [0.2, 0.25) is 5.02 Å². The van der Waals surface area contributed by atoms with E-state index in [0.29, 0.717) is 29.3 Å². The Hall–Kier alpha value is -1.17. The largest absolute Gasteiger partial charge is 0.393 e.